The summed E-state index contributed by atoms with van der Waals surface area (Å²) in [6.07, 6.45) is 4.63. The highest BCUT2D eigenvalue weighted by Gasteiger charge is 2.41. The third-order valence-electron chi connectivity index (χ3n) is 17.6. The topological polar surface area (TPSA) is 30.1 Å². The normalized spacial score (nSPS) is 17.1. The van der Waals surface area contributed by atoms with Gasteiger partial charge in [0.2, 0.25) is 0 Å². The molecule has 351 valence electrons. The Morgan fingerprint density at radius 3 is 1.68 bits per heavy atom. The second-order valence-corrected chi connectivity index (χ2v) is 24.3. The van der Waals surface area contributed by atoms with E-state index in [-0.39, 0.29) is 27.6 Å². The fourth-order valence-corrected chi connectivity index (χ4v) is 13.2. The van der Waals surface area contributed by atoms with Gasteiger partial charge in [-0.3, -0.25) is 0 Å². The molecule has 4 heteroatoms. The van der Waals surface area contributed by atoms with Gasteiger partial charge in [0.15, 0.2) is 7.28 Å². The standard InChI is InChI=1S/C67H64BN2O/c1-39-21-24-43(25-22-39)69-55-38-59-45(46-34-50-53(37-58(46)71-59)67(9,10)30-28-64(50,3)4)32-44(55)47-33-49(60(41-17-13-11-14-18-41)42-19-15-12-16-20-42)61-48-35-51-52(66(7,8)29-27-65(51,5)6)36-57(48)70-56-26-23-40(2)31-54(56)68-62(47)63(61)70/h11-26,31-38,60,69H,27-30H2,1-10H3. The molecule has 1 N–H and O–H groups in total. The van der Waals surface area contributed by atoms with Crippen LogP contribution < -0.4 is 16.2 Å². The fourth-order valence-electron chi connectivity index (χ4n) is 13.2. The summed E-state index contributed by atoms with van der Waals surface area (Å²) in [4.78, 5) is 0. The maximum Gasteiger partial charge on any atom is 0.197 e. The minimum atomic E-state index is -0.0479. The lowest BCUT2D eigenvalue weighted by Gasteiger charge is -2.42. The minimum absolute atomic E-state index is 0.0412. The van der Waals surface area contributed by atoms with Gasteiger partial charge in [-0.1, -0.05) is 157 Å². The molecule has 0 atom stereocenters. The molecule has 2 aliphatic carbocycles. The maximum atomic E-state index is 7.03. The third-order valence-corrected chi connectivity index (χ3v) is 17.6. The van der Waals surface area contributed by atoms with Crippen molar-refractivity contribution in [2.45, 2.75) is 122 Å². The molecule has 0 unspecified atom stereocenters. The zero-order chi connectivity index (χ0) is 48.9. The summed E-state index contributed by atoms with van der Waals surface area (Å²) >= 11 is 0. The van der Waals surface area contributed by atoms with Gasteiger partial charge in [-0.2, -0.15) is 0 Å². The first-order chi connectivity index (χ1) is 34.0. The van der Waals surface area contributed by atoms with Crippen LogP contribution in [-0.4, -0.2) is 11.8 Å². The second kappa shape index (κ2) is 15.4. The lowest BCUT2D eigenvalue weighted by Crippen LogP contribution is -2.38. The van der Waals surface area contributed by atoms with E-state index in [9.17, 15) is 0 Å². The van der Waals surface area contributed by atoms with Crippen molar-refractivity contribution in [2.24, 2.45) is 0 Å². The Morgan fingerprint density at radius 1 is 0.521 bits per heavy atom. The lowest BCUT2D eigenvalue weighted by molar-refractivity contribution is 0.332. The van der Waals surface area contributed by atoms with Gasteiger partial charge in [-0.15, -0.1) is 0 Å². The van der Waals surface area contributed by atoms with E-state index in [2.05, 4.69) is 232 Å². The highest BCUT2D eigenvalue weighted by molar-refractivity contribution is 6.73. The summed E-state index contributed by atoms with van der Waals surface area (Å²) < 4.78 is 9.69. The molecule has 3 nitrogen and oxygen atoms in total. The predicted octanol–water partition coefficient (Wildman–Crippen LogP) is 16.6. The molecule has 71 heavy (non-hydrogen) atoms. The van der Waals surface area contributed by atoms with Crippen LogP contribution in [0.15, 0.2) is 150 Å². The molecular weight excluding hydrogens is 860 g/mol. The molecule has 0 saturated heterocycles. The largest absolute Gasteiger partial charge is 0.456 e. The van der Waals surface area contributed by atoms with Crippen molar-refractivity contribution in [3.05, 3.63) is 196 Å². The summed E-state index contributed by atoms with van der Waals surface area (Å²) in [6, 6.07) is 55.7. The van der Waals surface area contributed by atoms with Crippen LogP contribution in [0.25, 0.3) is 60.6 Å². The molecule has 2 aromatic heterocycles. The Hall–Kier alpha value is -6.78. The van der Waals surface area contributed by atoms with Crippen LogP contribution in [0.2, 0.25) is 0 Å². The van der Waals surface area contributed by atoms with Crippen molar-refractivity contribution in [2.75, 3.05) is 5.32 Å². The number of aryl methyl sites for hydroxylation is 2. The molecule has 0 saturated carbocycles. The Labute approximate surface area is 420 Å². The molecule has 3 aliphatic rings. The molecule has 3 heterocycles. The van der Waals surface area contributed by atoms with E-state index in [4.69, 9.17) is 4.42 Å². The molecular formula is C67H64BN2O. The zero-order valence-electron chi connectivity index (χ0n) is 43.2. The Balaban J connectivity index is 1.21. The smallest absolute Gasteiger partial charge is 0.197 e. The summed E-state index contributed by atoms with van der Waals surface area (Å²) in [5.74, 6) is -0.0479. The summed E-state index contributed by atoms with van der Waals surface area (Å²) in [7, 11) is 2.50. The van der Waals surface area contributed by atoms with E-state index in [1.807, 2.05) is 0 Å². The van der Waals surface area contributed by atoms with Gasteiger partial charge < -0.3 is 14.3 Å². The van der Waals surface area contributed by atoms with E-state index in [0.29, 0.717) is 0 Å². The van der Waals surface area contributed by atoms with E-state index in [1.54, 1.807) is 0 Å². The van der Waals surface area contributed by atoms with Crippen molar-refractivity contribution >= 4 is 73.3 Å². The number of anilines is 2. The van der Waals surface area contributed by atoms with Crippen molar-refractivity contribution in [3.8, 4) is 16.8 Å². The van der Waals surface area contributed by atoms with Crippen LogP contribution in [0.5, 0.6) is 0 Å². The van der Waals surface area contributed by atoms with Gasteiger partial charge in [0.25, 0.3) is 0 Å². The first-order valence-corrected chi connectivity index (χ1v) is 26.1. The first kappa shape index (κ1) is 44.2. The monoisotopic (exact) mass is 924 g/mol. The highest BCUT2D eigenvalue weighted by Crippen LogP contribution is 2.53. The van der Waals surface area contributed by atoms with Gasteiger partial charge >= 0.3 is 0 Å². The molecule has 0 amide bonds. The number of fused-ring (bicyclic) bond motifs is 10. The van der Waals surface area contributed by atoms with Crippen LogP contribution in [-0.2, 0) is 21.7 Å². The Bertz CT molecular complexity index is 3790. The number of furan rings is 1. The number of benzene rings is 8. The van der Waals surface area contributed by atoms with Gasteiger partial charge in [0.05, 0.1) is 11.2 Å². The van der Waals surface area contributed by atoms with Crippen LogP contribution in [0.3, 0.4) is 0 Å². The van der Waals surface area contributed by atoms with Crippen molar-refractivity contribution < 1.29 is 4.42 Å². The average molecular weight is 924 g/mol. The molecule has 13 rings (SSSR count). The van der Waals surface area contributed by atoms with Crippen LogP contribution >= 0.6 is 0 Å². The second-order valence-electron chi connectivity index (χ2n) is 24.3. The van der Waals surface area contributed by atoms with E-state index in [1.165, 1.54) is 99.4 Å². The summed E-state index contributed by atoms with van der Waals surface area (Å²) in [5.41, 5.74) is 24.9. The Kier molecular flexibility index (Phi) is 9.56. The third kappa shape index (κ3) is 6.83. The van der Waals surface area contributed by atoms with E-state index >= 15 is 0 Å². The van der Waals surface area contributed by atoms with Gasteiger partial charge in [0.1, 0.15) is 11.2 Å². The van der Waals surface area contributed by atoms with E-state index in [0.717, 1.165) is 59.2 Å². The van der Waals surface area contributed by atoms with E-state index < -0.39 is 0 Å². The molecule has 0 bridgehead atoms. The summed E-state index contributed by atoms with van der Waals surface area (Å²) in [5, 5.41) is 8.98. The lowest BCUT2D eigenvalue weighted by atomic mass is 9.58. The SMILES string of the molecule is Cc1ccc(Nc2cc3oc4cc5c(cc4c3cc2-c2cc(C(c3ccccc3)c3ccccc3)c3c4cc6c(cc4n4c3c2[B]c2cc(C)ccc2-4)C(C)(C)CCC6(C)C)C(C)(C)CCC5(C)C)cc1. The van der Waals surface area contributed by atoms with Gasteiger partial charge in [-0.25, -0.2) is 0 Å². The number of hydrogen-bond acceptors (Lipinski definition) is 2. The summed E-state index contributed by atoms with van der Waals surface area (Å²) in [6.45, 7) is 23.9. The molecule has 8 aromatic carbocycles. The number of hydrogen-bond donors (Lipinski definition) is 1. The fraction of sp³-hybridized carbons (Fsp3) is 0.284. The predicted molar refractivity (Wildman–Crippen MR) is 302 cm³/mol. The number of rotatable bonds is 6. The van der Waals surface area contributed by atoms with Gasteiger partial charge in [-0.05, 0) is 166 Å². The molecule has 0 fully saturated rings. The number of nitrogens with one attached hydrogen (secondary N) is 1. The zero-order valence-corrected chi connectivity index (χ0v) is 43.2. The van der Waals surface area contributed by atoms with Crippen LogP contribution in [0, 0.1) is 13.8 Å². The maximum absolute atomic E-state index is 7.03. The van der Waals surface area contributed by atoms with Crippen LogP contribution in [0.1, 0.15) is 137 Å². The molecule has 1 aliphatic heterocycles. The minimum Gasteiger partial charge on any atom is -0.456 e. The van der Waals surface area contributed by atoms with Crippen molar-refractivity contribution in [1.29, 1.82) is 0 Å². The first-order valence-electron chi connectivity index (χ1n) is 26.1. The van der Waals surface area contributed by atoms with Gasteiger partial charge in [0, 0.05) is 56.0 Å². The van der Waals surface area contributed by atoms with Crippen molar-refractivity contribution in [1.82, 2.24) is 4.57 Å². The van der Waals surface area contributed by atoms with Crippen LogP contribution in [0.4, 0.5) is 11.4 Å². The molecule has 0 spiro atoms. The molecule has 10 aromatic rings. The number of aromatic nitrogens is 1. The number of nitrogens with zero attached hydrogens (tertiary/aromatic N) is 1. The quantitative estimate of drug-likeness (QED) is 0.133. The van der Waals surface area contributed by atoms with Crippen molar-refractivity contribution in [3.63, 3.8) is 0 Å². The molecule has 1 radical (unpaired) electrons. The average Bonchev–Trinajstić information content (AvgIpc) is 3.88. The Morgan fingerprint density at radius 2 is 1.06 bits per heavy atom. The highest BCUT2D eigenvalue weighted by atomic mass is 16.3.